The van der Waals surface area contributed by atoms with Gasteiger partial charge in [0.25, 0.3) is 0 Å². The molecule has 0 radical (unpaired) electrons. The van der Waals surface area contributed by atoms with Crippen molar-refractivity contribution in [1.29, 1.82) is 0 Å². The van der Waals surface area contributed by atoms with E-state index in [1.807, 2.05) is 37.4 Å². The number of rotatable bonds is 3. The monoisotopic (exact) mass is 383 g/mol. The lowest BCUT2D eigenvalue weighted by Gasteiger charge is -2.34. The highest BCUT2D eigenvalue weighted by molar-refractivity contribution is 5.99. The Labute approximate surface area is 167 Å². The molecule has 3 heterocycles. The van der Waals surface area contributed by atoms with Gasteiger partial charge >= 0.3 is 0 Å². The maximum atomic E-state index is 13.7. The Balaban J connectivity index is 1.69. The average Bonchev–Trinajstić information content (AvgIpc) is 3.13. The van der Waals surface area contributed by atoms with Gasteiger partial charge in [-0.25, -0.2) is 9.37 Å². The molecular weight excluding hydrogens is 365 g/mol. The van der Waals surface area contributed by atoms with E-state index >= 15 is 0 Å². The molecule has 0 saturated carbocycles. The van der Waals surface area contributed by atoms with Gasteiger partial charge in [0, 0.05) is 29.5 Å². The molecule has 5 rings (SSSR count). The van der Waals surface area contributed by atoms with Gasteiger partial charge in [0.2, 0.25) is 0 Å². The maximum absolute atomic E-state index is 13.7. The van der Waals surface area contributed by atoms with E-state index in [9.17, 15) is 4.39 Å². The van der Waals surface area contributed by atoms with Gasteiger partial charge in [-0.3, -0.25) is 15.0 Å². The normalized spacial score (nSPS) is 21.0. The largest absolute Gasteiger partial charge is 0.353 e. The summed E-state index contributed by atoms with van der Waals surface area (Å²) in [5, 5.41) is 4.61. The maximum Gasteiger partial charge on any atom is 0.150 e. The van der Waals surface area contributed by atoms with Gasteiger partial charge in [-0.15, -0.1) is 0 Å². The van der Waals surface area contributed by atoms with Crippen molar-refractivity contribution in [1.82, 2.24) is 20.3 Å². The summed E-state index contributed by atoms with van der Waals surface area (Å²) in [7, 11) is 0. The highest BCUT2D eigenvalue weighted by atomic mass is 19.1. The fourth-order valence-electron chi connectivity index (χ4n) is 3.96. The van der Waals surface area contributed by atoms with Crippen LogP contribution in [-0.4, -0.2) is 26.8 Å². The average molecular weight is 383 g/mol. The number of aliphatic imine (C=N–C) groups is 1. The third-order valence-corrected chi connectivity index (χ3v) is 5.42. The topological polar surface area (TPSA) is 63.1 Å². The second-order valence-electron chi connectivity index (χ2n) is 7.10. The first-order chi connectivity index (χ1) is 14.2. The zero-order valence-electron chi connectivity index (χ0n) is 15.7. The molecule has 4 aromatic rings. The van der Waals surface area contributed by atoms with Crippen molar-refractivity contribution in [2.24, 2.45) is 4.99 Å². The summed E-state index contributed by atoms with van der Waals surface area (Å²) >= 11 is 0. The zero-order chi connectivity index (χ0) is 19.8. The Bertz CT molecular complexity index is 1210. The standard InChI is InChI=1S/C23H18FN5/c1-15-23(17-6-8-19(24)9-7-17,29-22(28-15)21-14-25-10-11-26-21)18-12-16-4-2-3-5-20(16)27-13-18/h2-15H,1H3,(H,28,29). The lowest BCUT2D eigenvalue weighted by molar-refractivity contribution is 0.433. The fraction of sp³-hybridized carbons (Fsp3) is 0.130. The van der Waals surface area contributed by atoms with E-state index in [4.69, 9.17) is 4.99 Å². The van der Waals surface area contributed by atoms with Crippen LogP contribution in [0.1, 0.15) is 23.7 Å². The van der Waals surface area contributed by atoms with Gasteiger partial charge in [-0.2, -0.15) is 0 Å². The van der Waals surface area contributed by atoms with E-state index in [0.717, 1.165) is 22.0 Å². The molecule has 1 aliphatic rings. The van der Waals surface area contributed by atoms with Crippen molar-refractivity contribution in [3.63, 3.8) is 0 Å². The summed E-state index contributed by atoms with van der Waals surface area (Å²) in [5.74, 6) is 0.379. The van der Waals surface area contributed by atoms with Crippen LogP contribution >= 0.6 is 0 Å². The molecule has 0 aliphatic carbocycles. The van der Waals surface area contributed by atoms with Crippen LogP contribution in [0.3, 0.4) is 0 Å². The minimum atomic E-state index is -0.697. The summed E-state index contributed by atoms with van der Waals surface area (Å²) < 4.78 is 13.7. The van der Waals surface area contributed by atoms with Crippen LogP contribution in [0.4, 0.5) is 4.39 Å². The fourth-order valence-corrected chi connectivity index (χ4v) is 3.96. The van der Waals surface area contributed by atoms with E-state index in [1.54, 1.807) is 30.7 Å². The second-order valence-corrected chi connectivity index (χ2v) is 7.10. The molecule has 2 aromatic carbocycles. The molecular formula is C23H18FN5. The Morgan fingerprint density at radius 3 is 2.55 bits per heavy atom. The summed E-state index contributed by atoms with van der Waals surface area (Å²) in [6.45, 7) is 2.04. The molecule has 142 valence electrons. The quantitative estimate of drug-likeness (QED) is 0.584. The molecule has 0 amide bonds. The zero-order valence-corrected chi connectivity index (χ0v) is 15.7. The summed E-state index contributed by atoms with van der Waals surface area (Å²) in [5.41, 5.74) is 2.75. The molecule has 2 aromatic heterocycles. The van der Waals surface area contributed by atoms with Crippen LogP contribution in [0.25, 0.3) is 10.9 Å². The van der Waals surface area contributed by atoms with Crippen LogP contribution in [0.2, 0.25) is 0 Å². The van der Waals surface area contributed by atoms with Crippen molar-refractivity contribution in [3.05, 3.63) is 102 Å². The predicted octanol–water partition coefficient (Wildman–Crippen LogP) is 3.85. The number of amidine groups is 1. The molecule has 2 unspecified atom stereocenters. The van der Waals surface area contributed by atoms with Gasteiger partial charge in [0.05, 0.1) is 17.8 Å². The first kappa shape index (κ1) is 17.4. The highest BCUT2D eigenvalue weighted by Crippen LogP contribution is 2.39. The molecule has 0 fully saturated rings. The number of benzene rings is 2. The Morgan fingerprint density at radius 2 is 1.76 bits per heavy atom. The number of halogens is 1. The minimum absolute atomic E-state index is 0.173. The Morgan fingerprint density at radius 1 is 0.931 bits per heavy atom. The molecule has 1 N–H and O–H groups in total. The minimum Gasteiger partial charge on any atom is -0.353 e. The highest BCUT2D eigenvalue weighted by Gasteiger charge is 2.45. The summed E-state index contributed by atoms with van der Waals surface area (Å²) in [6, 6.07) is 16.5. The van der Waals surface area contributed by atoms with E-state index in [1.165, 1.54) is 12.1 Å². The van der Waals surface area contributed by atoms with E-state index < -0.39 is 5.54 Å². The van der Waals surface area contributed by atoms with E-state index in [-0.39, 0.29) is 11.9 Å². The lowest BCUT2D eigenvalue weighted by atomic mass is 9.78. The number of pyridine rings is 1. The van der Waals surface area contributed by atoms with Crippen LogP contribution in [0, 0.1) is 5.82 Å². The number of nitrogens with one attached hydrogen (secondary N) is 1. The van der Waals surface area contributed by atoms with Gasteiger partial charge in [-0.05, 0) is 36.8 Å². The number of para-hydroxylation sites is 1. The van der Waals surface area contributed by atoms with Gasteiger partial charge in [0.15, 0.2) is 0 Å². The third kappa shape index (κ3) is 2.84. The Kier molecular flexibility index (Phi) is 4.05. The van der Waals surface area contributed by atoms with Crippen molar-refractivity contribution in [3.8, 4) is 0 Å². The van der Waals surface area contributed by atoms with Crippen LogP contribution < -0.4 is 5.32 Å². The first-order valence-electron chi connectivity index (χ1n) is 9.40. The molecule has 0 spiro atoms. The number of fused-ring (bicyclic) bond motifs is 1. The smallest absolute Gasteiger partial charge is 0.150 e. The van der Waals surface area contributed by atoms with E-state index in [2.05, 4.69) is 26.3 Å². The van der Waals surface area contributed by atoms with Crippen molar-refractivity contribution in [2.75, 3.05) is 0 Å². The van der Waals surface area contributed by atoms with Crippen LogP contribution in [-0.2, 0) is 5.54 Å². The van der Waals surface area contributed by atoms with Gasteiger partial charge < -0.3 is 5.32 Å². The number of aromatic nitrogens is 3. The summed E-state index contributed by atoms with van der Waals surface area (Å²) in [4.78, 5) is 18.0. The molecule has 0 saturated heterocycles. The number of nitrogens with zero attached hydrogens (tertiary/aromatic N) is 4. The van der Waals surface area contributed by atoms with Crippen LogP contribution in [0.15, 0.2) is 84.4 Å². The van der Waals surface area contributed by atoms with E-state index in [0.29, 0.717) is 11.5 Å². The van der Waals surface area contributed by atoms with Crippen molar-refractivity contribution < 1.29 is 4.39 Å². The molecule has 29 heavy (non-hydrogen) atoms. The van der Waals surface area contributed by atoms with Crippen molar-refractivity contribution in [2.45, 2.75) is 18.5 Å². The third-order valence-electron chi connectivity index (χ3n) is 5.42. The number of hydrogen-bond acceptors (Lipinski definition) is 5. The molecule has 5 nitrogen and oxygen atoms in total. The van der Waals surface area contributed by atoms with Gasteiger partial charge in [-0.1, -0.05) is 30.3 Å². The molecule has 0 bridgehead atoms. The predicted molar refractivity (Wildman–Crippen MR) is 110 cm³/mol. The van der Waals surface area contributed by atoms with Gasteiger partial charge in [0.1, 0.15) is 22.9 Å². The first-order valence-corrected chi connectivity index (χ1v) is 9.40. The SMILES string of the molecule is CC1N=C(c2cnccn2)NC1(c1ccc(F)cc1)c1cnc2ccccc2c1. The molecule has 1 aliphatic heterocycles. The second kappa shape index (κ2) is 6.74. The number of hydrogen-bond donors (Lipinski definition) is 1. The van der Waals surface area contributed by atoms with Crippen molar-refractivity contribution >= 4 is 16.7 Å². The molecule has 2 atom stereocenters. The van der Waals surface area contributed by atoms with Crippen LogP contribution in [0.5, 0.6) is 0 Å². The lowest BCUT2D eigenvalue weighted by Crippen LogP contribution is -2.48. The molecule has 6 heteroatoms. The Hall–Kier alpha value is -3.67. The summed E-state index contributed by atoms with van der Waals surface area (Å²) in [6.07, 6.45) is 6.81.